The summed E-state index contributed by atoms with van der Waals surface area (Å²) in [6.07, 6.45) is 2.21. The number of aliphatic hydroxyl groups excluding tert-OH is 1. The van der Waals surface area contributed by atoms with Gasteiger partial charge in [-0.2, -0.15) is 0 Å². The van der Waals surface area contributed by atoms with Crippen molar-refractivity contribution in [3.63, 3.8) is 0 Å². The van der Waals surface area contributed by atoms with Crippen LogP contribution in [-0.4, -0.2) is 40.2 Å². The van der Waals surface area contributed by atoms with Gasteiger partial charge in [0.05, 0.1) is 23.1 Å². The van der Waals surface area contributed by atoms with Crippen LogP contribution in [-0.2, 0) is 6.61 Å². The summed E-state index contributed by atoms with van der Waals surface area (Å²) in [5.74, 6) is 0.825. The van der Waals surface area contributed by atoms with Crippen molar-refractivity contribution in [1.82, 2.24) is 15.3 Å². The Bertz CT molecular complexity index is 1360. The van der Waals surface area contributed by atoms with Gasteiger partial charge in [-0.25, -0.2) is 9.78 Å². The first kappa shape index (κ1) is 23.9. The average molecular weight is 494 g/mol. The van der Waals surface area contributed by atoms with Gasteiger partial charge < -0.3 is 30.9 Å². The third-order valence-corrected chi connectivity index (χ3v) is 5.96. The maximum absolute atomic E-state index is 12.5. The minimum atomic E-state index is -0.696. The van der Waals surface area contributed by atoms with E-state index >= 15 is 0 Å². The lowest BCUT2D eigenvalue weighted by Gasteiger charge is -2.10. The van der Waals surface area contributed by atoms with Gasteiger partial charge in [-0.15, -0.1) is 11.3 Å². The molecular formula is C24H23N5O5S. The molecule has 2 amide bonds. The van der Waals surface area contributed by atoms with Gasteiger partial charge in [0.1, 0.15) is 18.2 Å². The smallest absolute Gasteiger partial charge is 0.412 e. The lowest BCUT2D eigenvalue weighted by atomic mass is 10.2. The number of hydrogen-bond donors (Lipinski definition) is 4. The minimum absolute atomic E-state index is 0.0787. The van der Waals surface area contributed by atoms with E-state index in [1.165, 1.54) is 23.7 Å². The zero-order chi connectivity index (χ0) is 24.8. The van der Waals surface area contributed by atoms with Crippen molar-refractivity contribution in [2.24, 2.45) is 0 Å². The van der Waals surface area contributed by atoms with E-state index in [4.69, 9.17) is 20.3 Å². The maximum Gasteiger partial charge on any atom is 0.412 e. The second-order valence-corrected chi connectivity index (χ2v) is 8.35. The van der Waals surface area contributed by atoms with E-state index in [0.717, 1.165) is 11.3 Å². The Morgan fingerprint density at radius 2 is 2.03 bits per heavy atom. The molecule has 0 aliphatic heterocycles. The zero-order valence-electron chi connectivity index (χ0n) is 18.8. The number of fused-ring (bicyclic) bond motifs is 1. The molecule has 0 spiro atoms. The lowest BCUT2D eigenvalue weighted by Crippen LogP contribution is -2.29. The molecule has 11 heteroatoms. The summed E-state index contributed by atoms with van der Waals surface area (Å²) in [4.78, 5) is 32.6. The van der Waals surface area contributed by atoms with Crippen LogP contribution in [0.2, 0.25) is 0 Å². The predicted octanol–water partition coefficient (Wildman–Crippen LogP) is 3.49. The molecule has 0 atom stereocenters. The minimum Gasteiger partial charge on any atom is -0.489 e. The molecule has 3 aromatic heterocycles. The van der Waals surface area contributed by atoms with Crippen molar-refractivity contribution in [1.29, 1.82) is 0 Å². The van der Waals surface area contributed by atoms with E-state index in [-0.39, 0.29) is 37.2 Å². The van der Waals surface area contributed by atoms with Gasteiger partial charge in [-0.1, -0.05) is 6.07 Å². The Morgan fingerprint density at radius 3 is 2.80 bits per heavy atom. The van der Waals surface area contributed by atoms with Gasteiger partial charge in [-0.05, 0) is 36.6 Å². The Kier molecular flexibility index (Phi) is 7.38. The number of nitrogens with one attached hydrogen (secondary N) is 2. The fourth-order valence-electron chi connectivity index (χ4n) is 3.21. The van der Waals surface area contributed by atoms with Crippen molar-refractivity contribution >= 4 is 44.9 Å². The molecular weight excluding hydrogens is 470 g/mol. The van der Waals surface area contributed by atoms with E-state index in [2.05, 4.69) is 20.6 Å². The van der Waals surface area contributed by atoms with Crippen molar-refractivity contribution < 1.29 is 24.2 Å². The van der Waals surface area contributed by atoms with Crippen LogP contribution in [0.4, 0.5) is 16.3 Å². The van der Waals surface area contributed by atoms with Crippen LogP contribution in [0.15, 0.2) is 54.2 Å². The maximum atomic E-state index is 12.5. The highest BCUT2D eigenvalue weighted by molar-refractivity contribution is 7.17. The molecule has 0 aliphatic rings. The highest BCUT2D eigenvalue weighted by atomic mass is 32.1. The first-order chi connectivity index (χ1) is 16.9. The Labute approximate surface area is 204 Å². The van der Waals surface area contributed by atoms with Crippen molar-refractivity contribution in [2.75, 3.05) is 24.2 Å². The second-order valence-electron chi connectivity index (χ2n) is 7.47. The molecule has 0 fully saturated rings. The highest BCUT2D eigenvalue weighted by Gasteiger charge is 2.16. The third kappa shape index (κ3) is 5.83. The van der Waals surface area contributed by atoms with Gasteiger partial charge in [0, 0.05) is 41.1 Å². The van der Waals surface area contributed by atoms with E-state index < -0.39 is 6.09 Å². The van der Waals surface area contributed by atoms with Gasteiger partial charge >= 0.3 is 6.09 Å². The largest absolute Gasteiger partial charge is 0.489 e. The molecule has 0 saturated carbocycles. The SMILES string of the molecule is Cc1ccc(C(=O)Nc2cccc(OCc3csc4c(OC(=O)NCCO)cnc(N)c34)c2)cn1. The molecule has 3 heterocycles. The van der Waals surface area contributed by atoms with E-state index in [1.54, 1.807) is 36.4 Å². The number of nitrogen functional groups attached to an aromatic ring is 1. The number of amides is 2. The zero-order valence-corrected chi connectivity index (χ0v) is 19.6. The molecule has 180 valence electrons. The summed E-state index contributed by atoms with van der Waals surface area (Å²) in [6.45, 7) is 1.92. The molecule has 0 unspecified atom stereocenters. The van der Waals surface area contributed by atoms with Gasteiger partial charge in [0.15, 0.2) is 5.75 Å². The molecule has 35 heavy (non-hydrogen) atoms. The summed E-state index contributed by atoms with van der Waals surface area (Å²) in [7, 11) is 0. The van der Waals surface area contributed by atoms with Gasteiger partial charge in [0.2, 0.25) is 0 Å². The summed E-state index contributed by atoms with van der Waals surface area (Å²) in [5, 5.41) is 16.6. The number of hydrogen-bond acceptors (Lipinski definition) is 9. The number of carbonyl (C=O) groups is 2. The normalized spacial score (nSPS) is 10.7. The highest BCUT2D eigenvalue weighted by Crippen LogP contribution is 2.37. The standard InChI is InChI=1S/C24H23N5O5S/c1-14-5-6-15(10-27-14)23(31)29-17-3-2-4-18(9-17)33-12-16-13-35-21-19(11-28-22(25)20(16)21)34-24(32)26-7-8-30/h2-6,9-11,13,30H,7-8,12H2,1H3,(H2,25,28)(H,26,32)(H,29,31). The van der Waals surface area contributed by atoms with Crippen LogP contribution >= 0.6 is 11.3 Å². The number of benzene rings is 1. The number of rotatable bonds is 8. The van der Waals surface area contributed by atoms with Crippen LogP contribution < -0.4 is 25.8 Å². The molecule has 4 aromatic rings. The first-order valence-corrected chi connectivity index (χ1v) is 11.5. The summed E-state index contributed by atoms with van der Waals surface area (Å²) < 4.78 is 11.9. The van der Waals surface area contributed by atoms with Crippen LogP contribution in [0.3, 0.4) is 0 Å². The summed E-state index contributed by atoms with van der Waals surface area (Å²) >= 11 is 1.35. The molecule has 1 aromatic carbocycles. The number of nitrogens with two attached hydrogens (primary N) is 1. The monoisotopic (exact) mass is 493 g/mol. The molecule has 4 rings (SSSR count). The number of carbonyl (C=O) groups excluding carboxylic acids is 2. The third-order valence-electron chi connectivity index (χ3n) is 4.91. The number of anilines is 2. The van der Waals surface area contributed by atoms with Crippen LogP contribution in [0.1, 0.15) is 21.6 Å². The molecule has 10 nitrogen and oxygen atoms in total. The molecule has 0 radical (unpaired) electrons. The lowest BCUT2D eigenvalue weighted by molar-refractivity contribution is 0.102. The van der Waals surface area contributed by atoms with Gasteiger partial charge in [-0.3, -0.25) is 9.78 Å². The molecule has 0 aliphatic carbocycles. The van der Waals surface area contributed by atoms with Crippen molar-refractivity contribution in [3.8, 4) is 11.5 Å². The topological polar surface area (TPSA) is 149 Å². The van der Waals surface area contributed by atoms with Crippen molar-refractivity contribution in [2.45, 2.75) is 13.5 Å². The van der Waals surface area contributed by atoms with Crippen LogP contribution in [0, 0.1) is 6.92 Å². The van der Waals surface area contributed by atoms with Crippen LogP contribution in [0.5, 0.6) is 11.5 Å². The molecule has 0 saturated heterocycles. The quantitative estimate of drug-likeness (QED) is 0.291. The second kappa shape index (κ2) is 10.8. The Hall–Kier alpha value is -4.22. The number of aryl methyl sites for hydroxylation is 1. The van der Waals surface area contributed by atoms with E-state index in [9.17, 15) is 9.59 Å². The molecule has 5 N–H and O–H groups in total. The first-order valence-electron chi connectivity index (χ1n) is 10.6. The number of nitrogens with zero attached hydrogens (tertiary/aromatic N) is 2. The number of thiophene rings is 1. The number of aromatic nitrogens is 2. The van der Waals surface area contributed by atoms with E-state index in [1.807, 2.05) is 12.3 Å². The van der Waals surface area contributed by atoms with E-state index in [0.29, 0.717) is 27.1 Å². The predicted molar refractivity (Wildman–Crippen MR) is 133 cm³/mol. The van der Waals surface area contributed by atoms with Gasteiger partial charge in [0.25, 0.3) is 5.91 Å². The summed E-state index contributed by atoms with van der Waals surface area (Å²) in [5.41, 5.74) is 8.73. The van der Waals surface area contributed by atoms with Crippen molar-refractivity contribution in [3.05, 3.63) is 71.0 Å². The fraction of sp³-hybridized carbons (Fsp3) is 0.167. The molecule has 0 bridgehead atoms. The number of pyridine rings is 2. The number of ether oxygens (including phenoxy) is 2. The summed E-state index contributed by atoms with van der Waals surface area (Å²) in [6, 6.07) is 10.5. The fourth-order valence-corrected chi connectivity index (χ4v) is 4.22. The van der Waals surface area contributed by atoms with Crippen LogP contribution in [0.25, 0.3) is 10.1 Å². The average Bonchev–Trinajstić information content (AvgIpc) is 3.29. The Balaban J connectivity index is 1.46. The Morgan fingerprint density at radius 1 is 1.17 bits per heavy atom. The number of aliphatic hydroxyl groups is 1.